The van der Waals surface area contributed by atoms with Crippen molar-refractivity contribution >= 4 is 79.6 Å². The van der Waals surface area contributed by atoms with Crippen LogP contribution in [0.1, 0.15) is 16.7 Å². The zero-order valence-corrected chi connectivity index (χ0v) is 22.3. The van der Waals surface area contributed by atoms with E-state index in [-0.39, 0.29) is 5.16 Å². The third kappa shape index (κ3) is 5.03. The minimum absolute atomic E-state index is 0.218. The van der Waals surface area contributed by atoms with Crippen molar-refractivity contribution < 1.29 is 0 Å². The Balaban J connectivity index is 1.84. The highest BCUT2D eigenvalue weighted by Crippen LogP contribution is 2.50. The standard InChI is InChI=1S/C27H16Cl4N4S/c28-20-15-33-16-21(29)22(20)24-25(31)34-26(18-11-13-32-14-12-18)35(19-9-5-2-6-10-19)27(36-24)23(30)17-7-3-1-4-8-17/h1-16H/b27-23+. The van der Waals surface area contributed by atoms with Crippen molar-refractivity contribution in [1.82, 2.24) is 9.97 Å². The number of hydrogen-bond donors (Lipinski definition) is 0. The lowest BCUT2D eigenvalue weighted by atomic mass is 10.2. The van der Waals surface area contributed by atoms with Gasteiger partial charge >= 0.3 is 0 Å². The quantitative estimate of drug-likeness (QED) is 0.230. The smallest absolute Gasteiger partial charge is 0.147 e. The molecule has 2 aromatic carbocycles. The number of amidine groups is 1. The number of rotatable bonds is 4. The lowest BCUT2D eigenvalue weighted by Crippen LogP contribution is -2.30. The Morgan fingerprint density at radius 1 is 0.750 bits per heavy atom. The van der Waals surface area contributed by atoms with Crippen LogP contribution in [-0.2, 0) is 0 Å². The molecule has 0 fully saturated rings. The van der Waals surface area contributed by atoms with Gasteiger partial charge in [0.15, 0.2) is 0 Å². The number of nitrogens with zero attached hydrogens (tertiary/aromatic N) is 4. The summed E-state index contributed by atoms with van der Waals surface area (Å²) in [7, 11) is 0. The van der Waals surface area contributed by atoms with E-state index in [1.165, 1.54) is 24.2 Å². The fourth-order valence-electron chi connectivity index (χ4n) is 3.62. The Hall–Kier alpha value is -2.80. The van der Waals surface area contributed by atoms with Gasteiger partial charge in [0.25, 0.3) is 0 Å². The summed E-state index contributed by atoms with van der Waals surface area (Å²) >= 11 is 28.5. The summed E-state index contributed by atoms with van der Waals surface area (Å²) in [5.41, 5.74) is 3.02. The molecule has 0 saturated heterocycles. The van der Waals surface area contributed by atoms with Gasteiger partial charge in [0, 0.05) is 41.6 Å². The number of halogens is 4. The summed E-state index contributed by atoms with van der Waals surface area (Å²) in [6.45, 7) is 0. The van der Waals surface area contributed by atoms with Crippen molar-refractivity contribution in [3.63, 3.8) is 0 Å². The highest BCUT2D eigenvalue weighted by Gasteiger charge is 2.31. The normalized spacial score (nSPS) is 15.4. The van der Waals surface area contributed by atoms with Crippen LogP contribution in [0.3, 0.4) is 0 Å². The van der Waals surface area contributed by atoms with Crippen molar-refractivity contribution in [3.05, 3.63) is 135 Å². The van der Waals surface area contributed by atoms with E-state index in [1.54, 1.807) is 12.4 Å². The van der Waals surface area contributed by atoms with Gasteiger partial charge in [-0.2, -0.15) is 0 Å². The molecule has 5 rings (SSSR count). The number of para-hydroxylation sites is 1. The van der Waals surface area contributed by atoms with Crippen molar-refractivity contribution in [3.8, 4) is 0 Å². The molecule has 0 radical (unpaired) electrons. The summed E-state index contributed by atoms with van der Waals surface area (Å²) in [6.07, 6.45) is 6.46. The van der Waals surface area contributed by atoms with E-state index in [4.69, 9.17) is 51.4 Å². The van der Waals surface area contributed by atoms with Gasteiger partial charge in [0.1, 0.15) is 16.0 Å². The molecule has 0 amide bonds. The van der Waals surface area contributed by atoms with E-state index >= 15 is 0 Å². The number of anilines is 1. The molecule has 9 heteroatoms. The van der Waals surface area contributed by atoms with Gasteiger partial charge in [-0.25, -0.2) is 4.99 Å². The third-order valence-electron chi connectivity index (χ3n) is 5.25. The van der Waals surface area contributed by atoms with Crippen LogP contribution in [0, 0.1) is 0 Å². The number of aliphatic imine (C=N–C) groups is 1. The molecule has 2 aromatic heterocycles. The Kier molecular flexibility index (Phi) is 7.65. The molecule has 4 aromatic rings. The fraction of sp³-hybridized carbons (Fsp3) is 0. The first-order valence-electron chi connectivity index (χ1n) is 10.7. The topological polar surface area (TPSA) is 41.4 Å². The first kappa shape index (κ1) is 24.9. The maximum atomic E-state index is 7.14. The van der Waals surface area contributed by atoms with Crippen molar-refractivity contribution in [2.75, 3.05) is 4.90 Å². The van der Waals surface area contributed by atoms with Gasteiger partial charge in [-0.05, 0) is 29.8 Å². The van der Waals surface area contributed by atoms with E-state index in [1.807, 2.05) is 77.7 Å². The van der Waals surface area contributed by atoms with Gasteiger partial charge in [0.2, 0.25) is 0 Å². The minimum atomic E-state index is 0.218. The van der Waals surface area contributed by atoms with Crippen LogP contribution >= 0.6 is 58.2 Å². The minimum Gasteiger partial charge on any atom is -0.287 e. The van der Waals surface area contributed by atoms with Crippen molar-refractivity contribution in [1.29, 1.82) is 0 Å². The van der Waals surface area contributed by atoms with Crippen LogP contribution in [0.5, 0.6) is 0 Å². The van der Waals surface area contributed by atoms with Gasteiger partial charge in [-0.1, -0.05) is 107 Å². The third-order valence-corrected chi connectivity index (χ3v) is 7.90. The average molecular weight is 570 g/mol. The van der Waals surface area contributed by atoms with Crippen LogP contribution < -0.4 is 4.90 Å². The van der Waals surface area contributed by atoms with E-state index in [9.17, 15) is 0 Å². The number of benzene rings is 2. The Bertz CT molecular complexity index is 1470. The Morgan fingerprint density at radius 3 is 2.00 bits per heavy atom. The summed E-state index contributed by atoms with van der Waals surface area (Å²) in [4.78, 5) is 15.7. The predicted octanol–water partition coefficient (Wildman–Crippen LogP) is 8.91. The van der Waals surface area contributed by atoms with Gasteiger partial charge in [-0.3, -0.25) is 14.9 Å². The molecule has 3 heterocycles. The Labute approximate surface area is 232 Å². The second-order valence-corrected chi connectivity index (χ2v) is 10.1. The maximum Gasteiger partial charge on any atom is 0.147 e. The van der Waals surface area contributed by atoms with Crippen LogP contribution in [0.4, 0.5) is 5.69 Å². The van der Waals surface area contributed by atoms with E-state index < -0.39 is 0 Å². The van der Waals surface area contributed by atoms with Crippen molar-refractivity contribution in [2.24, 2.45) is 4.99 Å². The monoisotopic (exact) mass is 568 g/mol. The molecule has 0 N–H and O–H groups in total. The molecule has 0 spiro atoms. The van der Waals surface area contributed by atoms with E-state index in [0.717, 1.165) is 16.8 Å². The molecular formula is C27H16Cl4N4S. The van der Waals surface area contributed by atoms with Gasteiger partial charge in [-0.15, -0.1) is 0 Å². The number of aromatic nitrogens is 2. The SMILES string of the molecule is ClC1=C(c2c(Cl)cncc2Cl)S/C(=C(/Cl)c2ccccc2)N(c2ccccc2)C(c2ccncc2)=N1. The molecule has 0 atom stereocenters. The highest BCUT2D eigenvalue weighted by molar-refractivity contribution is 8.12. The van der Waals surface area contributed by atoms with E-state index in [2.05, 4.69) is 9.97 Å². The summed E-state index contributed by atoms with van der Waals surface area (Å²) in [5, 5.41) is 2.12. The first-order chi connectivity index (χ1) is 17.5. The zero-order valence-electron chi connectivity index (χ0n) is 18.4. The van der Waals surface area contributed by atoms with Crippen molar-refractivity contribution in [2.45, 2.75) is 0 Å². The molecule has 4 nitrogen and oxygen atoms in total. The van der Waals surface area contributed by atoms with Crippen LogP contribution in [0.25, 0.3) is 9.94 Å². The van der Waals surface area contributed by atoms with Crippen LogP contribution in [0.15, 0.2) is 113 Å². The fourth-order valence-corrected chi connectivity index (χ4v) is 6.04. The van der Waals surface area contributed by atoms with Gasteiger partial charge in [0.05, 0.1) is 20.0 Å². The highest BCUT2D eigenvalue weighted by atomic mass is 35.5. The first-order valence-corrected chi connectivity index (χ1v) is 13.0. The Morgan fingerprint density at radius 2 is 1.36 bits per heavy atom. The molecule has 178 valence electrons. The van der Waals surface area contributed by atoms with E-state index in [0.29, 0.717) is 36.4 Å². The largest absolute Gasteiger partial charge is 0.287 e. The second-order valence-electron chi connectivity index (χ2n) is 7.53. The molecular weight excluding hydrogens is 554 g/mol. The summed E-state index contributed by atoms with van der Waals surface area (Å²) < 4.78 is 0. The van der Waals surface area contributed by atoms with Crippen LogP contribution in [-0.4, -0.2) is 15.8 Å². The lowest BCUT2D eigenvalue weighted by Gasteiger charge is -2.28. The molecule has 0 saturated carbocycles. The molecule has 0 aliphatic carbocycles. The molecule has 0 bridgehead atoms. The number of hydrogen-bond acceptors (Lipinski definition) is 5. The summed E-state index contributed by atoms with van der Waals surface area (Å²) in [5.74, 6) is 0.571. The number of thioether (sulfide) groups is 1. The molecule has 36 heavy (non-hydrogen) atoms. The van der Waals surface area contributed by atoms with Gasteiger partial charge < -0.3 is 0 Å². The molecule has 1 aliphatic heterocycles. The average Bonchev–Trinajstić information content (AvgIpc) is 3.06. The van der Waals surface area contributed by atoms with Crippen LogP contribution in [0.2, 0.25) is 10.0 Å². The number of pyridine rings is 2. The molecule has 0 unspecified atom stereocenters. The predicted molar refractivity (Wildman–Crippen MR) is 154 cm³/mol. The summed E-state index contributed by atoms with van der Waals surface area (Å²) in [6, 6.07) is 23.3. The molecule has 1 aliphatic rings. The maximum absolute atomic E-state index is 7.14. The lowest BCUT2D eigenvalue weighted by molar-refractivity contribution is 1.27. The second kappa shape index (κ2) is 11.1. The zero-order chi connectivity index (χ0) is 25.1.